The smallest absolute Gasteiger partial charge is 0.291 e. The number of carbonyl (C=O) groups excluding carboxylic acids is 4. The van der Waals surface area contributed by atoms with E-state index in [-0.39, 0.29) is 74.6 Å². The lowest BCUT2D eigenvalue weighted by Gasteiger charge is -2.46. The number of carbonyl (C=O) groups is 4. The molecule has 3 saturated heterocycles. The Morgan fingerprint density at radius 1 is 0.983 bits per heavy atom. The number of nitrogens with one attached hydrogen (secondary N) is 3. The molecule has 1 saturated carbocycles. The number of methoxy groups -OCH3 is 1. The van der Waals surface area contributed by atoms with Crippen LogP contribution in [-0.2, 0) is 27.9 Å². The highest BCUT2D eigenvalue weighted by atomic mass is 35.5. The highest BCUT2D eigenvalue weighted by Gasteiger charge is 2.58. The lowest BCUT2D eigenvalue weighted by atomic mass is 9.90. The number of fused-ring (bicyclic) bond motifs is 1. The molecule has 2 aromatic heterocycles. The number of Topliss-reactive ketones (excluding diaryl/α,β-unsaturated/α-hetero) is 1. The lowest BCUT2D eigenvalue weighted by Crippen LogP contribution is -2.62. The SMILES string of the molecule is COCCn1ncc(-c2ccc(-c3cnc(C(=O)Nc4ccc(C(=O)N[C@H]5[C@@H]6CN(C(=O)C7CC[N+](CC(C)=O)(CC8CNC8)CC7)C[C@@H]65)c(Cl)c4)n3C)c(F)c2F)c1C. The molecule has 3 amide bonds. The first-order chi connectivity index (χ1) is 28.8. The maximum atomic E-state index is 15.6. The molecule has 2 aromatic carbocycles. The van der Waals surface area contributed by atoms with Crippen LogP contribution in [0.15, 0.2) is 42.7 Å². The molecule has 3 atom stereocenters. The van der Waals surface area contributed by atoms with Crippen molar-refractivity contribution in [2.75, 3.05) is 71.4 Å². The van der Waals surface area contributed by atoms with Crippen molar-refractivity contribution in [2.45, 2.75) is 39.3 Å². The van der Waals surface area contributed by atoms with E-state index in [0.29, 0.717) is 55.6 Å². The first kappa shape index (κ1) is 41.7. The predicted molar refractivity (Wildman–Crippen MR) is 220 cm³/mol. The molecule has 318 valence electrons. The zero-order chi connectivity index (χ0) is 42.5. The third-order valence-electron chi connectivity index (χ3n) is 13.0. The van der Waals surface area contributed by atoms with Gasteiger partial charge < -0.3 is 34.6 Å². The number of imidazole rings is 1. The maximum Gasteiger partial charge on any atom is 0.291 e. The number of rotatable bonds is 14. The van der Waals surface area contributed by atoms with Crippen LogP contribution in [0.4, 0.5) is 14.5 Å². The first-order valence-electron chi connectivity index (χ1n) is 20.5. The van der Waals surface area contributed by atoms with Gasteiger partial charge in [-0.25, -0.2) is 13.8 Å². The van der Waals surface area contributed by atoms with E-state index >= 15 is 8.78 Å². The number of hydrogen-bond acceptors (Lipinski definition) is 8. The summed E-state index contributed by atoms with van der Waals surface area (Å²) >= 11 is 6.56. The number of nitrogens with zero attached hydrogens (tertiary/aromatic N) is 6. The van der Waals surface area contributed by atoms with Crippen molar-refractivity contribution < 1.29 is 37.2 Å². The van der Waals surface area contributed by atoms with Gasteiger partial charge in [-0.2, -0.15) is 5.10 Å². The van der Waals surface area contributed by atoms with Gasteiger partial charge >= 0.3 is 0 Å². The summed E-state index contributed by atoms with van der Waals surface area (Å²) in [4.78, 5) is 58.5. The summed E-state index contributed by atoms with van der Waals surface area (Å²) in [6.45, 7) is 10.8. The van der Waals surface area contributed by atoms with Crippen molar-refractivity contribution in [3.8, 4) is 22.4 Å². The lowest BCUT2D eigenvalue weighted by molar-refractivity contribution is -0.929. The van der Waals surface area contributed by atoms with Crippen molar-refractivity contribution in [1.82, 2.24) is 34.9 Å². The molecule has 4 aliphatic rings. The zero-order valence-electron chi connectivity index (χ0n) is 34.3. The summed E-state index contributed by atoms with van der Waals surface area (Å²) in [6, 6.07) is 7.42. The minimum atomic E-state index is -1.09. The number of amides is 3. The van der Waals surface area contributed by atoms with Gasteiger partial charge in [0.1, 0.15) is 6.54 Å². The fraction of sp³-hybridized carbons (Fsp3) is 0.488. The van der Waals surface area contributed by atoms with Crippen LogP contribution in [0.5, 0.6) is 0 Å². The summed E-state index contributed by atoms with van der Waals surface area (Å²) in [6.07, 6.45) is 4.37. The molecule has 1 aliphatic carbocycles. The number of hydrogen-bond donors (Lipinski definition) is 3. The average molecular weight is 847 g/mol. The van der Waals surface area contributed by atoms with Crippen molar-refractivity contribution >= 4 is 40.8 Å². The van der Waals surface area contributed by atoms with Gasteiger partial charge in [0.2, 0.25) is 5.91 Å². The molecule has 0 bridgehead atoms. The molecule has 17 heteroatoms. The van der Waals surface area contributed by atoms with Gasteiger partial charge in [-0.15, -0.1) is 0 Å². The second-order valence-corrected chi connectivity index (χ2v) is 17.4. The number of quaternary nitrogens is 1. The molecule has 14 nitrogen and oxygen atoms in total. The second kappa shape index (κ2) is 16.8. The molecule has 60 heavy (non-hydrogen) atoms. The van der Waals surface area contributed by atoms with Gasteiger partial charge in [0.15, 0.2) is 23.2 Å². The quantitative estimate of drug-likeness (QED) is 0.159. The predicted octanol–water partition coefficient (Wildman–Crippen LogP) is 4.31. The van der Waals surface area contributed by atoms with E-state index in [2.05, 4.69) is 26.0 Å². The van der Waals surface area contributed by atoms with Crippen LogP contribution in [0.3, 0.4) is 0 Å². The van der Waals surface area contributed by atoms with E-state index in [0.717, 1.165) is 50.0 Å². The molecule has 3 aliphatic heterocycles. The molecule has 5 heterocycles. The summed E-state index contributed by atoms with van der Waals surface area (Å²) in [7, 11) is 3.10. The summed E-state index contributed by atoms with van der Waals surface area (Å²) < 4.78 is 40.0. The molecular formula is C43H51ClF2N9O5+. The number of anilines is 1. The van der Waals surface area contributed by atoms with Crippen molar-refractivity contribution in [2.24, 2.45) is 30.7 Å². The van der Waals surface area contributed by atoms with Crippen LogP contribution in [0, 0.1) is 42.2 Å². The second-order valence-electron chi connectivity index (χ2n) is 17.0. The van der Waals surface area contributed by atoms with E-state index in [1.165, 1.54) is 48.3 Å². The molecule has 3 N–H and O–H groups in total. The zero-order valence-corrected chi connectivity index (χ0v) is 35.0. The first-order valence-corrected chi connectivity index (χ1v) is 20.9. The molecule has 0 spiro atoms. The van der Waals surface area contributed by atoms with Crippen molar-refractivity contribution in [1.29, 1.82) is 0 Å². The van der Waals surface area contributed by atoms with E-state index in [4.69, 9.17) is 16.3 Å². The third kappa shape index (κ3) is 8.09. The van der Waals surface area contributed by atoms with Gasteiger partial charge in [-0.3, -0.25) is 23.9 Å². The minimum absolute atomic E-state index is 0.0327. The number of aromatic nitrogens is 4. The Kier molecular flexibility index (Phi) is 11.7. The van der Waals surface area contributed by atoms with Gasteiger partial charge in [0, 0.05) is 118 Å². The summed E-state index contributed by atoms with van der Waals surface area (Å²) in [5.74, 6) is -1.83. The third-order valence-corrected chi connectivity index (χ3v) is 13.4. The van der Waals surface area contributed by atoms with Crippen LogP contribution in [0.1, 0.15) is 46.4 Å². The van der Waals surface area contributed by atoms with Crippen LogP contribution in [0.25, 0.3) is 22.4 Å². The van der Waals surface area contributed by atoms with Gasteiger partial charge in [-0.1, -0.05) is 17.7 Å². The van der Waals surface area contributed by atoms with E-state index in [1.54, 1.807) is 31.7 Å². The highest BCUT2D eigenvalue weighted by Crippen LogP contribution is 2.46. The standard InChI is InChI=1S/C43H50ClF2N9O5/c1-24(56)22-55(23-26-16-47-17-26)12-9-27(10-13-55)43(59)53-20-33-34(21-53)39(33)51-41(57)30-6-5-28(15-35(30)44)50-42(58)40-48-19-36(52(40)3)31-8-7-29(37(45)38(31)46)32-18-49-54(25(32)2)11-14-60-4/h5-8,15,18-19,26-27,33-34,39,47H,9-14,16-17,20-23H2,1-4H3,(H-,50,51,57,58)/p+1/t27?,33-,34+,39+,55?. The minimum Gasteiger partial charge on any atom is -0.383 e. The molecule has 0 radical (unpaired) electrons. The van der Waals surface area contributed by atoms with Crippen LogP contribution in [0.2, 0.25) is 5.02 Å². The molecule has 4 fully saturated rings. The number of benzene rings is 2. The number of likely N-dealkylation sites (tertiary alicyclic amines) is 2. The molecule has 4 aromatic rings. The number of halogens is 3. The Morgan fingerprint density at radius 2 is 1.68 bits per heavy atom. The fourth-order valence-electron chi connectivity index (χ4n) is 9.58. The molecule has 0 unspecified atom stereocenters. The number of piperidine rings is 2. The fourth-order valence-corrected chi connectivity index (χ4v) is 9.84. The van der Waals surface area contributed by atoms with Gasteiger partial charge in [-0.05, 0) is 31.2 Å². The summed E-state index contributed by atoms with van der Waals surface area (Å²) in [5.41, 5.74) is 1.87. The highest BCUT2D eigenvalue weighted by molar-refractivity contribution is 6.34. The maximum absolute atomic E-state index is 15.6. The van der Waals surface area contributed by atoms with Crippen LogP contribution < -0.4 is 16.0 Å². The monoisotopic (exact) mass is 846 g/mol. The average Bonchev–Trinajstić information content (AvgIpc) is 3.55. The van der Waals surface area contributed by atoms with Crippen molar-refractivity contribution in [3.63, 3.8) is 0 Å². The Hall–Kier alpha value is -5.03. The van der Waals surface area contributed by atoms with E-state index in [9.17, 15) is 19.2 Å². The normalized spacial score (nSPS) is 23.6. The van der Waals surface area contributed by atoms with Crippen LogP contribution >= 0.6 is 11.6 Å². The van der Waals surface area contributed by atoms with E-state index in [1.807, 2.05) is 4.90 Å². The number of ether oxygens (including phenoxy) is 1. The van der Waals surface area contributed by atoms with Gasteiger partial charge in [0.05, 0.1) is 61.5 Å². The van der Waals surface area contributed by atoms with Gasteiger partial charge in [0.25, 0.3) is 11.8 Å². The van der Waals surface area contributed by atoms with Crippen LogP contribution in [-0.4, -0.2) is 124 Å². The largest absolute Gasteiger partial charge is 0.383 e. The van der Waals surface area contributed by atoms with E-state index < -0.39 is 17.5 Å². The molecular weight excluding hydrogens is 796 g/mol. The summed E-state index contributed by atoms with van der Waals surface area (Å²) in [5, 5.41) is 13.5. The Morgan fingerprint density at radius 3 is 2.33 bits per heavy atom. The Bertz CT molecular complexity index is 2320. The molecule has 8 rings (SSSR count). The Labute approximate surface area is 352 Å². The topological polar surface area (TPSA) is 152 Å². The van der Waals surface area contributed by atoms with Crippen molar-refractivity contribution in [3.05, 3.63) is 76.5 Å². The number of ketones is 1. The Balaban J connectivity index is 0.839.